The number of halogens is 1. The number of hydrogen-bond acceptors (Lipinski definition) is 3. The largest absolute Gasteiger partial charge is 0.389 e. The average Bonchev–Trinajstić information content (AvgIpc) is 2.47. The van der Waals surface area contributed by atoms with Crippen molar-refractivity contribution < 1.29 is 12.8 Å². The van der Waals surface area contributed by atoms with Crippen LogP contribution >= 0.6 is 12.2 Å². The van der Waals surface area contributed by atoms with Gasteiger partial charge in [-0.05, 0) is 30.3 Å². The van der Waals surface area contributed by atoms with E-state index < -0.39 is 15.8 Å². The summed E-state index contributed by atoms with van der Waals surface area (Å²) in [5, 5.41) is 0. The molecule has 0 unspecified atom stereocenters. The molecule has 4 nitrogen and oxygen atoms in total. The van der Waals surface area contributed by atoms with Crippen molar-refractivity contribution in [3.05, 3.63) is 59.9 Å². The van der Waals surface area contributed by atoms with Gasteiger partial charge in [0.05, 0.1) is 10.6 Å². The molecule has 0 fully saturated rings. The minimum absolute atomic E-state index is 0.0712. The third-order valence-corrected chi connectivity index (χ3v) is 4.98. The number of nitrogens with zero attached hydrogens (tertiary/aromatic N) is 1. The SMILES string of the molecule is CN(c1ccccc1)S(=O)(=O)c1ccc(F)c(C(N)=S)c1. The third-order valence-electron chi connectivity index (χ3n) is 2.98. The van der Waals surface area contributed by atoms with Gasteiger partial charge in [0.15, 0.2) is 0 Å². The van der Waals surface area contributed by atoms with Crippen LogP contribution in [0.3, 0.4) is 0 Å². The van der Waals surface area contributed by atoms with Crippen molar-refractivity contribution in [1.82, 2.24) is 0 Å². The highest BCUT2D eigenvalue weighted by atomic mass is 32.2. The Kier molecular flexibility index (Phi) is 4.24. The van der Waals surface area contributed by atoms with Crippen LogP contribution in [0, 0.1) is 5.82 Å². The smallest absolute Gasteiger partial charge is 0.264 e. The van der Waals surface area contributed by atoms with Crippen LogP contribution in [0.1, 0.15) is 5.56 Å². The van der Waals surface area contributed by atoms with E-state index in [-0.39, 0.29) is 15.4 Å². The molecule has 0 bridgehead atoms. The van der Waals surface area contributed by atoms with Gasteiger partial charge in [-0.15, -0.1) is 0 Å². The van der Waals surface area contributed by atoms with Crippen LogP contribution in [0.25, 0.3) is 0 Å². The van der Waals surface area contributed by atoms with Gasteiger partial charge in [0.25, 0.3) is 10.0 Å². The fourth-order valence-corrected chi connectivity index (χ4v) is 3.17. The third kappa shape index (κ3) is 3.03. The molecule has 2 aromatic rings. The second-order valence-corrected chi connectivity index (χ2v) is 6.72. The van der Waals surface area contributed by atoms with Crippen LogP contribution in [0.2, 0.25) is 0 Å². The Morgan fingerprint density at radius 1 is 1.19 bits per heavy atom. The Morgan fingerprint density at radius 3 is 2.38 bits per heavy atom. The second kappa shape index (κ2) is 5.79. The van der Waals surface area contributed by atoms with E-state index in [2.05, 4.69) is 0 Å². The summed E-state index contributed by atoms with van der Waals surface area (Å²) in [7, 11) is -2.39. The molecular formula is C14H13FN2O2S2. The van der Waals surface area contributed by atoms with E-state index in [1.165, 1.54) is 13.1 Å². The van der Waals surface area contributed by atoms with E-state index in [0.717, 1.165) is 16.4 Å². The predicted octanol–water partition coefficient (Wildman–Crippen LogP) is 2.29. The summed E-state index contributed by atoms with van der Waals surface area (Å²) in [6, 6.07) is 11.9. The minimum atomic E-state index is -3.81. The van der Waals surface area contributed by atoms with Crippen LogP contribution in [0.5, 0.6) is 0 Å². The van der Waals surface area contributed by atoms with Gasteiger partial charge in [0, 0.05) is 12.6 Å². The number of nitrogens with two attached hydrogens (primary N) is 1. The summed E-state index contributed by atoms with van der Waals surface area (Å²) in [4.78, 5) is -0.259. The molecule has 0 aliphatic rings. The Labute approximate surface area is 128 Å². The Bertz CT molecular complexity index is 777. The van der Waals surface area contributed by atoms with Crippen molar-refractivity contribution in [2.24, 2.45) is 5.73 Å². The van der Waals surface area contributed by atoms with E-state index >= 15 is 0 Å². The summed E-state index contributed by atoms with van der Waals surface area (Å²) < 4.78 is 39.7. The van der Waals surface area contributed by atoms with Crippen molar-refractivity contribution in [1.29, 1.82) is 0 Å². The number of thiocarbonyl (C=S) groups is 1. The highest BCUT2D eigenvalue weighted by molar-refractivity contribution is 7.92. The van der Waals surface area contributed by atoms with Crippen molar-refractivity contribution >= 4 is 32.9 Å². The van der Waals surface area contributed by atoms with Crippen molar-refractivity contribution in [2.75, 3.05) is 11.4 Å². The minimum Gasteiger partial charge on any atom is -0.389 e. The van der Waals surface area contributed by atoms with Gasteiger partial charge < -0.3 is 5.73 Å². The number of para-hydroxylation sites is 1. The molecule has 21 heavy (non-hydrogen) atoms. The Morgan fingerprint density at radius 2 is 1.81 bits per heavy atom. The summed E-state index contributed by atoms with van der Waals surface area (Å²) in [6.45, 7) is 0. The van der Waals surface area contributed by atoms with Crippen LogP contribution in [-0.4, -0.2) is 20.5 Å². The first kappa shape index (κ1) is 15.4. The summed E-state index contributed by atoms with van der Waals surface area (Å²) in [5.74, 6) is -0.649. The highest BCUT2D eigenvalue weighted by Gasteiger charge is 2.22. The zero-order valence-electron chi connectivity index (χ0n) is 11.2. The number of sulfonamides is 1. The van der Waals surface area contributed by atoms with Crippen LogP contribution in [0.4, 0.5) is 10.1 Å². The van der Waals surface area contributed by atoms with Gasteiger partial charge in [-0.3, -0.25) is 4.31 Å². The fourth-order valence-electron chi connectivity index (χ4n) is 1.79. The highest BCUT2D eigenvalue weighted by Crippen LogP contribution is 2.23. The van der Waals surface area contributed by atoms with Crippen molar-refractivity contribution in [3.8, 4) is 0 Å². The molecular weight excluding hydrogens is 311 g/mol. The standard InChI is InChI=1S/C14H13FN2O2S2/c1-17(10-5-3-2-4-6-10)21(18,19)11-7-8-13(15)12(9-11)14(16)20/h2-9H,1H3,(H2,16,20). The number of anilines is 1. The monoisotopic (exact) mass is 324 g/mol. The molecule has 2 aromatic carbocycles. The molecule has 2 rings (SSSR count). The molecule has 0 radical (unpaired) electrons. The van der Waals surface area contributed by atoms with Gasteiger partial charge in [0.1, 0.15) is 10.8 Å². The Balaban J connectivity index is 2.50. The van der Waals surface area contributed by atoms with Gasteiger partial charge >= 0.3 is 0 Å². The molecule has 0 heterocycles. The molecule has 7 heteroatoms. The van der Waals surface area contributed by atoms with Gasteiger partial charge in [-0.25, -0.2) is 12.8 Å². The average molecular weight is 324 g/mol. The molecule has 0 saturated heterocycles. The predicted molar refractivity (Wildman–Crippen MR) is 84.3 cm³/mol. The normalized spacial score (nSPS) is 11.1. The fraction of sp³-hybridized carbons (Fsp3) is 0.0714. The maximum absolute atomic E-state index is 13.6. The zero-order valence-corrected chi connectivity index (χ0v) is 12.8. The van der Waals surface area contributed by atoms with Crippen LogP contribution in [-0.2, 0) is 10.0 Å². The first-order valence-corrected chi connectivity index (χ1v) is 7.82. The van der Waals surface area contributed by atoms with E-state index in [4.69, 9.17) is 18.0 Å². The molecule has 0 saturated carbocycles. The van der Waals surface area contributed by atoms with Gasteiger partial charge in [-0.1, -0.05) is 30.4 Å². The molecule has 0 amide bonds. The topological polar surface area (TPSA) is 63.4 Å². The van der Waals surface area contributed by atoms with Crippen LogP contribution in [0.15, 0.2) is 53.4 Å². The lowest BCUT2D eigenvalue weighted by molar-refractivity contribution is 0.593. The number of hydrogen-bond donors (Lipinski definition) is 1. The molecule has 0 aliphatic heterocycles. The number of benzene rings is 2. The first-order chi connectivity index (χ1) is 9.84. The maximum Gasteiger partial charge on any atom is 0.264 e. The second-order valence-electron chi connectivity index (χ2n) is 4.31. The lowest BCUT2D eigenvalue weighted by atomic mass is 10.2. The molecule has 110 valence electrons. The van der Waals surface area contributed by atoms with Crippen molar-refractivity contribution in [2.45, 2.75) is 4.90 Å². The lowest BCUT2D eigenvalue weighted by Crippen LogP contribution is -2.27. The lowest BCUT2D eigenvalue weighted by Gasteiger charge is -2.19. The van der Waals surface area contributed by atoms with Gasteiger partial charge in [-0.2, -0.15) is 0 Å². The quantitative estimate of drug-likeness (QED) is 0.877. The summed E-state index contributed by atoms with van der Waals surface area (Å²) in [6.07, 6.45) is 0. The molecule has 0 atom stereocenters. The zero-order chi connectivity index (χ0) is 15.6. The van der Waals surface area contributed by atoms with E-state index in [1.807, 2.05) is 0 Å². The Hall–Kier alpha value is -1.99. The van der Waals surface area contributed by atoms with E-state index in [9.17, 15) is 12.8 Å². The molecule has 2 N–H and O–H groups in total. The molecule has 0 aliphatic carbocycles. The number of rotatable bonds is 4. The van der Waals surface area contributed by atoms with Crippen LogP contribution < -0.4 is 10.0 Å². The first-order valence-electron chi connectivity index (χ1n) is 5.97. The molecule has 0 spiro atoms. The van der Waals surface area contributed by atoms with Crippen molar-refractivity contribution in [3.63, 3.8) is 0 Å². The summed E-state index contributed by atoms with van der Waals surface area (Å²) in [5.41, 5.74) is 5.81. The molecule has 0 aromatic heterocycles. The van der Waals surface area contributed by atoms with Gasteiger partial charge in [0.2, 0.25) is 0 Å². The van der Waals surface area contributed by atoms with E-state index in [0.29, 0.717) is 5.69 Å². The van der Waals surface area contributed by atoms with E-state index in [1.54, 1.807) is 30.3 Å². The maximum atomic E-state index is 13.6. The summed E-state index contributed by atoms with van der Waals surface area (Å²) >= 11 is 4.72.